The first-order valence-corrected chi connectivity index (χ1v) is 8.69. The van der Waals surface area contributed by atoms with Gasteiger partial charge >= 0.3 is 0 Å². The number of fused-ring (bicyclic) bond motifs is 1. The monoisotopic (exact) mass is 355 g/mol. The lowest BCUT2D eigenvalue weighted by Gasteiger charge is -2.24. The van der Waals surface area contributed by atoms with Crippen LogP contribution in [0.3, 0.4) is 0 Å². The molecule has 0 unspecified atom stereocenters. The highest BCUT2D eigenvalue weighted by Crippen LogP contribution is 2.18. The molecule has 25 heavy (non-hydrogen) atoms. The Hall–Kier alpha value is -2.60. The summed E-state index contributed by atoms with van der Waals surface area (Å²) in [4.78, 5) is 21.2. The van der Waals surface area contributed by atoms with E-state index in [0.29, 0.717) is 17.1 Å². The largest absolute Gasteiger partial charge is 0.355 e. The van der Waals surface area contributed by atoms with E-state index in [-0.39, 0.29) is 5.91 Å². The maximum atomic E-state index is 12.7. The van der Waals surface area contributed by atoms with Crippen LogP contribution in [0.15, 0.2) is 48.8 Å². The van der Waals surface area contributed by atoms with Crippen LogP contribution in [0.2, 0.25) is 5.02 Å². The number of carbonyl (C=O) groups is 1. The molecule has 1 aliphatic heterocycles. The molecule has 6 nitrogen and oxygen atoms in total. The molecule has 0 radical (unpaired) electrons. The normalized spacial score (nSPS) is 15.4. The van der Waals surface area contributed by atoms with Gasteiger partial charge in [0.2, 0.25) is 0 Å². The molecule has 1 amide bonds. The minimum atomic E-state index is 0.0532. The van der Waals surface area contributed by atoms with Crippen molar-refractivity contribution in [2.24, 2.45) is 0 Å². The first-order valence-electron chi connectivity index (χ1n) is 8.31. The summed E-state index contributed by atoms with van der Waals surface area (Å²) in [6, 6.07) is 10.9. The molecule has 1 saturated heterocycles. The number of rotatable bonds is 2. The van der Waals surface area contributed by atoms with Crippen molar-refractivity contribution in [3.8, 4) is 0 Å². The molecule has 7 heteroatoms. The first kappa shape index (κ1) is 15.9. The van der Waals surface area contributed by atoms with Gasteiger partial charge in [0, 0.05) is 49.0 Å². The maximum absolute atomic E-state index is 12.7. The zero-order valence-electron chi connectivity index (χ0n) is 13.7. The third kappa shape index (κ3) is 3.17. The van der Waals surface area contributed by atoms with Crippen LogP contribution in [0.4, 0.5) is 5.82 Å². The highest BCUT2D eigenvalue weighted by Gasteiger charge is 2.21. The van der Waals surface area contributed by atoms with Crippen molar-refractivity contribution in [1.82, 2.24) is 19.5 Å². The van der Waals surface area contributed by atoms with Crippen molar-refractivity contribution < 1.29 is 4.79 Å². The van der Waals surface area contributed by atoms with E-state index < -0.39 is 0 Å². The van der Waals surface area contributed by atoms with E-state index in [2.05, 4.69) is 15.0 Å². The van der Waals surface area contributed by atoms with Crippen molar-refractivity contribution >= 4 is 29.0 Å². The smallest absolute Gasteiger partial charge is 0.253 e. The predicted molar refractivity (Wildman–Crippen MR) is 97.2 cm³/mol. The van der Waals surface area contributed by atoms with E-state index >= 15 is 0 Å². The van der Waals surface area contributed by atoms with Crippen LogP contribution in [0.25, 0.3) is 5.65 Å². The maximum Gasteiger partial charge on any atom is 0.253 e. The topological polar surface area (TPSA) is 53.7 Å². The fraction of sp³-hybridized carbons (Fsp3) is 0.278. The first-order chi connectivity index (χ1) is 12.2. The van der Waals surface area contributed by atoms with Gasteiger partial charge in [-0.2, -0.15) is 9.61 Å². The van der Waals surface area contributed by atoms with Gasteiger partial charge in [0.05, 0.1) is 6.20 Å². The average Bonchev–Trinajstić information content (AvgIpc) is 2.98. The Morgan fingerprint density at radius 1 is 0.960 bits per heavy atom. The van der Waals surface area contributed by atoms with E-state index in [0.717, 1.165) is 37.5 Å². The standard InChI is InChI=1S/C18H18ClN5O/c19-15-4-2-14(3-5-15)18(25)23-11-1-10-22(12-13-23)17-7-8-20-16-6-9-21-24(16)17/h2-9H,1,10-13H2. The lowest BCUT2D eigenvalue weighted by molar-refractivity contribution is 0.0767. The Bertz CT molecular complexity index is 892. The zero-order chi connectivity index (χ0) is 17.2. The fourth-order valence-electron chi connectivity index (χ4n) is 3.19. The molecule has 0 saturated carbocycles. The summed E-state index contributed by atoms with van der Waals surface area (Å²) in [6.45, 7) is 3.06. The molecule has 1 aromatic carbocycles. The van der Waals surface area contributed by atoms with Gasteiger partial charge < -0.3 is 9.80 Å². The van der Waals surface area contributed by atoms with Crippen molar-refractivity contribution in [2.75, 3.05) is 31.1 Å². The Morgan fingerprint density at radius 2 is 1.80 bits per heavy atom. The molecule has 2 aromatic heterocycles. The van der Waals surface area contributed by atoms with Crippen LogP contribution in [0, 0.1) is 0 Å². The quantitative estimate of drug-likeness (QED) is 0.709. The van der Waals surface area contributed by atoms with Crippen molar-refractivity contribution in [1.29, 1.82) is 0 Å². The van der Waals surface area contributed by atoms with Crippen LogP contribution in [0.1, 0.15) is 16.8 Å². The Morgan fingerprint density at radius 3 is 2.64 bits per heavy atom. The van der Waals surface area contributed by atoms with E-state index in [1.54, 1.807) is 36.7 Å². The van der Waals surface area contributed by atoms with Gasteiger partial charge in [-0.15, -0.1) is 0 Å². The van der Waals surface area contributed by atoms with Crippen LogP contribution in [-0.4, -0.2) is 51.6 Å². The number of nitrogens with zero attached hydrogens (tertiary/aromatic N) is 5. The minimum Gasteiger partial charge on any atom is -0.355 e. The van der Waals surface area contributed by atoms with Crippen LogP contribution < -0.4 is 4.90 Å². The number of amides is 1. The SMILES string of the molecule is O=C(c1ccc(Cl)cc1)N1CCCN(c2ccnc3ccnn23)CC1. The predicted octanol–water partition coefficient (Wildman–Crippen LogP) is 2.74. The van der Waals surface area contributed by atoms with Gasteiger partial charge in [0.15, 0.2) is 5.65 Å². The van der Waals surface area contributed by atoms with Crippen molar-refractivity contribution in [2.45, 2.75) is 6.42 Å². The van der Waals surface area contributed by atoms with Gasteiger partial charge in [0.25, 0.3) is 5.91 Å². The summed E-state index contributed by atoms with van der Waals surface area (Å²) < 4.78 is 1.84. The molecule has 0 N–H and O–H groups in total. The van der Waals surface area contributed by atoms with Gasteiger partial charge in [-0.3, -0.25) is 4.79 Å². The lowest BCUT2D eigenvalue weighted by Crippen LogP contribution is -2.35. The zero-order valence-corrected chi connectivity index (χ0v) is 14.4. The fourth-order valence-corrected chi connectivity index (χ4v) is 3.31. The molecule has 1 fully saturated rings. The molecule has 4 rings (SSSR count). The Kier molecular flexibility index (Phi) is 4.28. The number of halogens is 1. The van der Waals surface area contributed by atoms with Gasteiger partial charge in [0.1, 0.15) is 5.82 Å². The third-order valence-electron chi connectivity index (χ3n) is 4.47. The molecular formula is C18H18ClN5O. The molecule has 1 aliphatic rings. The number of benzene rings is 1. The second kappa shape index (κ2) is 6.72. The molecule has 0 spiro atoms. The summed E-state index contributed by atoms with van der Waals surface area (Å²) in [5.41, 5.74) is 1.51. The number of aromatic nitrogens is 3. The summed E-state index contributed by atoms with van der Waals surface area (Å²) in [6.07, 6.45) is 4.46. The number of anilines is 1. The van der Waals surface area contributed by atoms with Crippen LogP contribution in [0.5, 0.6) is 0 Å². The molecular weight excluding hydrogens is 338 g/mol. The molecule has 0 atom stereocenters. The van der Waals surface area contributed by atoms with Crippen molar-refractivity contribution in [3.63, 3.8) is 0 Å². The molecule has 0 bridgehead atoms. The van der Waals surface area contributed by atoms with Gasteiger partial charge in [-0.1, -0.05) is 11.6 Å². The Labute approximate surface area is 150 Å². The lowest BCUT2D eigenvalue weighted by atomic mass is 10.2. The molecule has 128 valence electrons. The molecule has 3 aromatic rings. The minimum absolute atomic E-state index is 0.0532. The molecule has 0 aliphatic carbocycles. The third-order valence-corrected chi connectivity index (χ3v) is 4.72. The average molecular weight is 356 g/mol. The second-order valence-electron chi connectivity index (χ2n) is 6.04. The van der Waals surface area contributed by atoms with E-state index in [1.807, 2.05) is 21.5 Å². The summed E-state index contributed by atoms with van der Waals surface area (Å²) in [5, 5.41) is 4.99. The summed E-state index contributed by atoms with van der Waals surface area (Å²) >= 11 is 5.91. The van der Waals surface area contributed by atoms with Crippen LogP contribution >= 0.6 is 11.6 Å². The molecule has 3 heterocycles. The van der Waals surface area contributed by atoms with Crippen LogP contribution in [-0.2, 0) is 0 Å². The number of hydrogen-bond donors (Lipinski definition) is 0. The van der Waals surface area contributed by atoms with Gasteiger partial charge in [-0.05, 0) is 36.8 Å². The van der Waals surface area contributed by atoms with Crippen molar-refractivity contribution in [3.05, 3.63) is 59.4 Å². The number of hydrogen-bond acceptors (Lipinski definition) is 4. The second-order valence-corrected chi connectivity index (χ2v) is 6.48. The summed E-state index contributed by atoms with van der Waals surface area (Å²) in [7, 11) is 0. The van der Waals surface area contributed by atoms with E-state index in [1.165, 1.54) is 0 Å². The number of carbonyl (C=O) groups excluding carboxylic acids is 1. The van der Waals surface area contributed by atoms with E-state index in [9.17, 15) is 4.79 Å². The Balaban J connectivity index is 1.51. The summed E-state index contributed by atoms with van der Waals surface area (Å²) in [5.74, 6) is 1.06. The van der Waals surface area contributed by atoms with Gasteiger partial charge in [-0.25, -0.2) is 4.98 Å². The highest BCUT2D eigenvalue weighted by atomic mass is 35.5. The van der Waals surface area contributed by atoms with E-state index in [4.69, 9.17) is 11.6 Å². The highest BCUT2D eigenvalue weighted by molar-refractivity contribution is 6.30.